The molecule has 2 rings (SSSR count). The van der Waals surface area contributed by atoms with Gasteiger partial charge in [0.05, 0.1) is 4.99 Å². The van der Waals surface area contributed by atoms with Crippen LogP contribution in [0, 0.1) is 0 Å². The third kappa shape index (κ3) is 4.04. The molecular formula is C14H14N2O2S2. The van der Waals surface area contributed by atoms with Crippen molar-refractivity contribution in [2.75, 3.05) is 10.5 Å². The third-order valence-electron chi connectivity index (χ3n) is 2.60. The molecule has 0 radical (unpaired) electrons. The molecule has 0 aliphatic carbocycles. The maximum absolute atomic E-state index is 11.7. The number of thiocarbonyl (C=S) groups is 1. The first kappa shape index (κ1) is 14.5. The lowest BCUT2D eigenvalue weighted by atomic mass is 10.1. The zero-order valence-electron chi connectivity index (χ0n) is 10.6. The van der Waals surface area contributed by atoms with Crippen LogP contribution < -0.4 is 10.5 Å². The molecule has 0 spiro atoms. The lowest BCUT2D eigenvalue weighted by Gasteiger charge is -2.08. The topological polar surface area (TPSA) is 72.2 Å². The first-order chi connectivity index (χ1) is 9.46. The standard InChI is InChI=1S/C14H14N2O2S2/c15-14(19)10-20(17,18)16-13-8-6-12(7-9-13)11-4-2-1-3-5-11/h1-9,16H,10H2,(H2,15,19). The largest absolute Gasteiger partial charge is 0.392 e. The van der Waals surface area contributed by atoms with Gasteiger partial charge in [0.15, 0.2) is 0 Å². The predicted octanol–water partition coefficient (Wildman–Crippen LogP) is 2.38. The van der Waals surface area contributed by atoms with Crippen molar-refractivity contribution in [3.8, 4) is 11.1 Å². The van der Waals surface area contributed by atoms with Crippen molar-refractivity contribution < 1.29 is 8.42 Å². The van der Waals surface area contributed by atoms with Crippen LogP contribution in [-0.2, 0) is 10.0 Å². The molecule has 0 aliphatic heterocycles. The molecule has 0 atom stereocenters. The van der Waals surface area contributed by atoms with Gasteiger partial charge in [-0.1, -0.05) is 54.7 Å². The number of nitrogens with two attached hydrogens (primary N) is 1. The van der Waals surface area contributed by atoms with E-state index in [9.17, 15) is 8.42 Å². The minimum atomic E-state index is -3.53. The van der Waals surface area contributed by atoms with Crippen molar-refractivity contribution in [3.63, 3.8) is 0 Å². The van der Waals surface area contributed by atoms with Gasteiger partial charge in [-0.15, -0.1) is 0 Å². The van der Waals surface area contributed by atoms with Crippen LogP contribution in [0.1, 0.15) is 0 Å². The van der Waals surface area contributed by atoms with Gasteiger partial charge in [0.25, 0.3) is 0 Å². The maximum Gasteiger partial charge on any atom is 0.239 e. The summed E-state index contributed by atoms with van der Waals surface area (Å²) in [7, 11) is -3.53. The molecule has 0 aliphatic rings. The van der Waals surface area contributed by atoms with E-state index in [-0.39, 0.29) is 10.7 Å². The van der Waals surface area contributed by atoms with Crippen LogP contribution >= 0.6 is 12.2 Å². The van der Waals surface area contributed by atoms with E-state index in [1.54, 1.807) is 12.1 Å². The molecule has 0 amide bonds. The summed E-state index contributed by atoms with van der Waals surface area (Å²) in [5.41, 5.74) is 7.82. The minimum Gasteiger partial charge on any atom is -0.392 e. The van der Waals surface area contributed by atoms with Crippen LogP contribution in [-0.4, -0.2) is 19.2 Å². The Hall–Kier alpha value is -1.92. The fourth-order valence-corrected chi connectivity index (χ4v) is 3.17. The summed E-state index contributed by atoms with van der Waals surface area (Å²) < 4.78 is 25.8. The van der Waals surface area contributed by atoms with Crippen LogP contribution in [0.15, 0.2) is 54.6 Å². The Morgan fingerprint density at radius 1 is 1.00 bits per heavy atom. The Balaban J connectivity index is 2.15. The molecule has 2 aromatic rings. The highest BCUT2D eigenvalue weighted by Crippen LogP contribution is 2.21. The van der Waals surface area contributed by atoms with Gasteiger partial charge in [0.1, 0.15) is 5.75 Å². The van der Waals surface area contributed by atoms with Gasteiger partial charge in [-0.25, -0.2) is 8.42 Å². The van der Waals surface area contributed by atoms with Crippen molar-refractivity contribution in [1.29, 1.82) is 0 Å². The van der Waals surface area contributed by atoms with E-state index in [1.165, 1.54) is 0 Å². The maximum atomic E-state index is 11.7. The molecule has 2 aromatic carbocycles. The van der Waals surface area contributed by atoms with Crippen molar-refractivity contribution in [3.05, 3.63) is 54.6 Å². The summed E-state index contributed by atoms with van der Waals surface area (Å²) in [4.78, 5) is -0.0570. The summed E-state index contributed by atoms with van der Waals surface area (Å²) >= 11 is 4.60. The van der Waals surface area contributed by atoms with Crippen LogP contribution in [0.5, 0.6) is 0 Å². The van der Waals surface area contributed by atoms with E-state index in [4.69, 9.17) is 5.73 Å². The van der Waals surface area contributed by atoms with Gasteiger partial charge >= 0.3 is 0 Å². The van der Waals surface area contributed by atoms with E-state index in [1.807, 2.05) is 42.5 Å². The Morgan fingerprint density at radius 2 is 1.55 bits per heavy atom. The van der Waals surface area contributed by atoms with Crippen molar-refractivity contribution >= 4 is 32.9 Å². The second-order valence-corrected chi connectivity index (χ2v) is 6.52. The monoisotopic (exact) mass is 306 g/mol. The van der Waals surface area contributed by atoms with Crippen LogP contribution in [0.3, 0.4) is 0 Å². The smallest absolute Gasteiger partial charge is 0.239 e. The van der Waals surface area contributed by atoms with Crippen molar-refractivity contribution in [1.82, 2.24) is 0 Å². The summed E-state index contributed by atoms with van der Waals surface area (Å²) in [6.07, 6.45) is 0. The first-order valence-corrected chi connectivity index (χ1v) is 7.97. The average Bonchev–Trinajstić information content (AvgIpc) is 2.38. The molecule has 0 aromatic heterocycles. The highest BCUT2D eigenvalue weighted by molar-refractivity contribution is 7.95. The molecule has 104 valence electrons. The molecule has 0 bridgehead atoms. The lowest BCUT2D eigenvalue weighted by Crippen LogP contribution is -2.26. The Kier molecular flexibility index (Phi) is 4.36. The summed E-state index contributed by atoms with van der Waals surface area (Å²) in [5, 5.41) is 0. The molecule has 4 nitrogen and oxygen atoms in total. The van der Waals surface area contributed by atoms with Gasteiger partial charge in [0.2, 0.25) is 10.0 Å². The number of benzene rings is 2. The SMILES string of the molecule is NC(=S)CS(=O)(=O)Nc1ccc(-c2ccccc2)cc1. The van der Waals surface area contributed by atoms with E-state index >= 15 is 0 Å². The molecule has 0 unspecified atom stereocenters. The third-order valence-corrected chi connectivity index (χ3v) is 4.16. The van der Waals surface area contributed by atoms with E-state index in [0.29, 0.717) is 5.69 Å². The summed E-state index contributed by atoms with van der Waals surface area (Å²) in [5.74, 6) is -0.358. The van der Waals surface area contributed by atoms with Gasteiger partial charge in [-0.05, 0) is 23.3 Å². The van der Waals surface area contributed by atoms with Crippen LogP contribution in [0.4, 0.5) is 5.69 Å². The molecular weight excluding hydrogens is 292 g/mol. The van der Waals surface area contributed by atoms with E-state index < -0.39 is 10.0 Å². The van der Waals surface area contributed by atoms with Crippen molar-refractivity contribution in [2.24, 2.45) is 5.73 Å². The molecule has 0 saturated carbocycles. The zero-order valence-corrected chi connectivity index (χ0v) is 12.2. The molecule has 3 N–H and O–H groups in total. The second kappa shape index (κ2) is 6.02. The fourth-order valence-electron chi connectivity index (χ4n) is 1.76. The van der Waals surface area contributed by atoms with Gasteiger partial charge < -0.3 is 5.73 Å². The molecule has 0 saturated heterocycles. The summed E-state index contributed by atoms with van der Waals surface area (Å²) in [6, 6.07) is 17.0. The number of hydrogen-bond donors (Lipinski definition) is 2. The average molecular weight is 306 g/mol. The van der Waals surface area contributed by atoms with Crippen LogP contribution in [0.2, 0.25) is 0 Å². The van der Waals surface area contributed by atoms with Crippen molar-refractivity contribution in [2.45, 2.75) is 0 Å². The number of hydrogen-bond acceptors (Lipinski definition) is 3. The number of nitrogens with one attached hydrogen (secondary N) is 1. The quantitative estimate of drug-likeness (QED) is 0.832. The normalized spacial score (nSPS) is 11.0. The highest BCUT2D eigenvalue weighted by atomic mass is 32.2. The molecule has 6 heteroatoms. The van der Waals surface area contributed by atoms with Crippen LogP contribution in [0.25, 0.3) is 11.1 Å². The number of sulfonamides is 1. The number of anilines is 1. The predicted molar refractivity (Wildman–Crippen MR) is 86.1 cm³/mol. The lowest BCUT2D eigenvalue weighted by molar-refractivity contribution is 0.605. The second-order valence-electron chi connectivity index (χ2n) is 4.27. The summed E-state index contributed by atoms with van der Waals surface area (Å²) in [6.45, 7) is 0. The number of rotatable bonds is 5. The van der Waals surface area contributed by atoms with Gasteiger partial charge in [0, 0.05) is 5.69 Å². The highest BCUT2D eigenvalue weighted by Gasteiger charge is 2.11. The Morgan fingerprint density at radius 3 is 2.10 bits per heavy atom. The molecule has 0 fully saturated rings. The van der Waals surface area contributed by atoms with E-state index in [2.05, 4.69) is 16.9 Å². The van der Waals surface area contributed by atoms with E-state index in [0.717, 1.165) is 11.1 Å². The van der Waals surface area contributed by atoms with Gasteiger partial charge in [-0.2, -0.15) is 0 Å². The van der Waals surface area contributed by atoms with Gasteiger partial charge in [-0.3, -0.25) is 4.72 Å². The Labute approximate surface area is 123 Å². The Bertz CT molecular complexity index is 696. The first-order valence-electron chi connectivity index (χ1n) is 5.90. The molecule has 20 heavy (non-hydrogen) atoms. The zero-order chi connectivity index (χ0) is 14.6. The fraction of sp³-hybridized carbons (Fsp3) is 0.0714. The minimum absolute atomic E-state index is 0.0570. The molecule has 0 heterocycles.